The second-order valence-electron chi connectivity index (χ2n) is 1.58. The Balaban J connectivity index is 2.38. The molecular formula is C5H8O. The van der Waals surface area contributed by atoms with Gasteiger partial charge in [-0.1, -0.05) is 6.92 Å². The van der Waals surface area contributed by atoms with E-state index in [1.165, 1.54) is 5.57 Å². The minimum atomic E-state index is 0.623. The van der Waals surface area contributed by atoms with Gasteiger partial charge in [0.1, 0.15) is 0 Å². The van der Waals surface area contributed by atoms with E-state index in [-0.39, 0.29) is 0 Å². The summed E-state index contributed by atoms with van der Waals surface area (Å²) in [4.78, 5) is 0. The third-order valence-corrected chi connectivity index (χ3v) is 1.09. The van der Waals surface area contributed by atoms with Crippen molar-refractivity contribution in [2.45, 2.75) is 19.8 Å². The number of aliphatic hydroxyl groups excluding tert-OH is 1. The molecule has 34 valence electrons. The number of hydrogen-bond acceptors (Lipinski definition) is 1. The Hall–Kier alpha value is -0.460. The predicted octanol–water partition coefficient (Wildman–Crippen LogP) is 1.61. The van der Waals surface area contributed by atoms with E-state index in [1.54, 1.807) is 0 Å². The molecule has 0 fully saturated rings. The zero-order chi connectivity index (χ0) is 4.57. The lowest BCUT2D eigenvalue weighted by Crippen LogP contribution is -1.49. The Kier molecular flexibility index (Phi) is 0.621. The first-order valence-electron chi connectivity index (χ1n) is 2.24. The summed E-state index contributed by atoms with van der Waals surface area (Å²) in [6.07, 6.45) is 1.92. The van der Waals surface area contributed by atoms with Crippen LogP contribution in [0.25, 0.3) is 0 Å². The molecule has 0 atom stereocenters. The Labute approximate surface area is 37.3 Å². The molecule has 0 spiro atoms. The number of hydrogen-bond donors (Lipinski definition) is 1. The molecule has 1 N–H and O–H groups in total. The van der Waals surface area contributed by atoms with Crippen LogP contribution in [-0.2, 0) is 0 Å². The van der Waals surface area contributed by atoms with E-state index in [9.17, 15) is 0 Å². The van der Waals surface area contributed by atoms with E-state index in [1.807, 2.05) is 0 Å². The van der Waals surface area contributed by atoms with Gasteiger partial charge >= 0.3 is 0 Å². The summed E-state index contributed by atoms with van der Waals surface area (Å²) in [7, 11) is 0. The van der Waals surface area contributed by atoms with Crippen LogP contribution in [0.2, 0.25) is 0 Å². The summed E-state index contributed by atoms with van der Waals surface area (Å²) in [5.74, 6) is 0.623. The lowest BCUT2D eigenvalue weighted by molar-refractivity contribution is 0.435. The molecule has 0 radical (unpaired) electrons. The highest BCUT2D eigenvalue weighted by molar-refractivity contribution is 5.27. The molecule has 0 aromatic rings. The molecule has 0 heterocycles. The van der Waals surface area contributed by atoms with Crippen LogP contribution in [0.1, 0.15) is 19.8 Å². The minimum Gasteiger partial charge on any atom is -0.512 e. The van der Waals surface area contributed by atoms with Gasteiger partial charge in [-0.25, -0.2) is 0 Å². The summed E-state index contributed by atoms with van der Waals surface area (Å²) in [6, 6.07) is 0. The van der Waals surface area contributed by atoms with Crippen molar-refractivity contribution >= 4 is 0 Å². The van der Waals surface area contributed by atoms with Gasteiger partial charge in [0.2, 0.25) is 0 Å². The maximum atomic E-state index is 8.51. The highest BCUT2D eigenvalue weighted by Gasteiger charge is 2.16. The molecule has 0 unspecified atom stereocenters. The van der Waals surface area contributed by atoms with Crippen molar-refractivity contribution in [1.29, 1.82) is 0 Å². The number of allylic oxidation sites excluding steroid dienone is 2. The maximum Gasteiger partial charge on any atom is 0.0960 e. The van der Waals surface area contributed by atoms with Crippen LogP contribution in [0.4, 0.5) is 0 Å². The van der Waals surface area contributed by atoms with Crippen molar-refractivity contribution in [3.63, 3.8) is 0 Å². The maximum absolute atomic E-state index is 8.51. The first kappa shape index (κ1) is 3.72. The summed E-state index contributed by atoms with van der Waals surface area (Å²) in [6.45, 7) is 2.05. The van der Waals surface area contributed by atoms with Crippen LogP contribution >= 0.6 is 0 Å². The van der Waals surface area contributed by atoms with Crippen molar-refractivity contribution in [1.82, 2.24) is 0 Å². The van der Waals surface area contributed by atoms with Gasteiger partial charge in [-0.05, 0) is 12.0 Å². The quantitative estimate of drug-likeness (QED) is 0.511. The van der Waals surface area contributed by atoms with Gasteiger partial charge in [0, 0.05) is 6.42 Å². The average molecular weight is 84.1 g/mol. The van der Waals surface area contributed by atoms with Crippen LogP contribution in [0, 0.1) is 0 Å². The summed E-state index contributed by atoms with van der Waals surface area (Å²) in [5, 5.41) is 8.51. The fourth-order valence-corrected chi connectivity index (χ4v) is 0.487. The smallest absolute Gasteiger partial charge is 0.0960 e. The van der Waals surface area contributed by atoms with E-state index in [0.29, 0.717) is 5.76 Å². The molecule has 0 bridgehead atoms. The van der Waals surface area contributed by atoms with Crippen molar-refractivity contribution in [2.75, 3.05) is 0 Å². The lowest BCUT2D eigenvalue weighted by atomic mass is 10.4. The molecule has 0 aromatic heterocycles. The van der Waals surface area contributed by atoms with Gasteiger partial charge in [-0.3, -0.25) is 0 Å². The van der Waals surface area contributed by atoms with Gasteiger partial charge < -0.3 is 5.11 Å². The monoisotopic (exact) mass is 84.1 g/mol. The Morgan fingerprint density at radius 2 is 2.33 bits per heavy atom. The zero-order valence-electron chi connectivity index (χ0n) is 3.86. The average Bonchev–Trinajstić information content (AvgIpc) is 2.19. The molecule has 1 aliphatic rings. The Morgan fingerprint density at radius 3 is 2.33 bits per heavy atom. The fraction of sp³-hybridized carbons (Fsp3) is 0.600. The van der Waals surface area contributed by atoms with Crippen LogP contribution in [0.3, 0.4) is 0 Å². The predicted molar refractivity (Wildman–Crippen MR) is 24.6 cm³/mol. The van der Waals surface area contributed by atoms with Crippen LogP contribution in [0.15, 0.2) is 11.3 Å². The van der Waals surface area contributed by atoms with Crippen molar-refractivity contribution < 1.29 is 5.11 Å². The van der Waals surface area contributed by atoms with Gasteiger partial charge in [0.05, 0.1) is 5.76 Å². The van der Waals surface area contributed by atoms with E-state index in [2.05, 4.69) is 6.92 Å². The Bertz CT molecular complexity index is 92.1. The highest BCUT2D eigenvalue weighted by Crippen LogP contribution is 2.29. The van der Waals surface area contributed by atoms with Gasteiger partial charge in [0.15, 0.2) is 0 Å². The molecule has 1 nitrogen and oxygen atoms in total. The van der Waals surface area contributed by atoms with Crippen LogP contribution in [-0.4, -0.2) is 5.11 Å². The highest BCUT2D eigenvalue weighted by atomic mass is 16.3. The molecule has 0 aromatic carbocycles. The molecule has 1 heteroatoms. The van der Waals surface area contributed by atoms with E-state index < -0.39 is 0 Å². The lowest BCUT2D eigenvalue weighted by Gasteiger charge is -1.66. The SMILES string of the molecule is CCC1=C(O)C1. The topological polar surface area (TPSA) is 20.2 Å². The van der Waals surface area contributed by atoms with Crippen molar-refractivity contribution in [3.05, 3.63) is 11.3 Å². The van der Waals surface area contributed by atoms with E-state index in [0.717, 1.165) is 12.8 Å². The van der Waals surface area contributed by atoms with E-state index in [4.69, 9.17) is 5.11 Å². The summed E-state index contributed by atoms with van der Waals surface area (Å²) in [5.41, 5.74) is 1.23. The zero-order valence-corrected chi connectivity index (χ0v) is 3.86. The van der Waals surface area contributed by atoms with Gasteiger partial charge in [0.25, 0.3) is 0 Å². The van der Waals surface area contributed by atoms with Crippen molar-refractivity contribution in [2.24, 2.45) is 0 Å². The van der Waals surface area contributed by atoms with E-state index >= 15 is 0 Å². The molecule has 0 saturated carbocycles. The molecule has 0 aliphatic heterocycles. The first-order chi connectivity index (χ1) is 2.84. The summed E-state index contributed by atoms with van der Waals surface area (Å²) < 4.78 is 0. The molecule has 1 aliphatic carbocycles. The second kappa shape index (κ2) is 1.00. The first-order valence-corrected chi connectivity index (χ1v) is 2.24. The standard InChI is InChI=1S/C5H8O/c1-2-4-3-5(4)6/h6H,2-3H2,1H3. The third-order valence-electron chi connectivity index (χ3n) is 1.09. The van der Waals surface area contributed by atoms with Crippen LogP contribution < -0.4 is 0 Å². The second-order valence-corrected chi connectivity index (χ2v) is 1.58. The van der Waals surface area contributed by atoms with Gasteiger partial charge in [-0.15, -0.1) is 0 Å². The fourth-order valence-electron chi connectivity index (χ4n) is 0.487. The molecule has 0 amide bonds. The molecule has 6 heavy (non-hydrogen) atoms. The molecule has 0 saturated heterocycles. The Morgan fingerprint density at radius 1 is 1.83 bits per heavy atom. The van der Waals surface area contributed by atoms with Gasteiger partial charge in [-0.2, -0.15) is 0 Å². The largest absolute Gasteiger partial charge is 0.512 e. The minimum absolute atomic E-state index is 0.623. The normalized spacial score (nSPS) is 18.8. The third kappa shape index (κ3) is 0.402. The van der Waals surface area contributed by atoms with Crippen LogP contribution in [0.5, 0.6) is 0 Å². The molecule has 1 rings (SSSR count). The summed E-state index contributed by atoms with van der Waals surface area (Å²) >= 11 is 0. The molecular weight excluding hydrogens is 76.1 g/mol. The number of rotatable bonds is 1. The van der Waals surface area contributed by atoms with Crippen molar-refractivity contribution in [3.8, 4) is 0 Å². The number of aliphatic hydroxyl groups is 1.